The number of aliphatic imine (C=N–C) groups is 1. The van der Waals surface area contributed by atoms with E-state index in [0.29, 0.717) is 25.7 Å². The van der Waals surface area contributed by atoms with Crippen molar-refractivity contribution in [3.63, 3.8) is 0 Å². The first-order valence-corrected chi connectivity index (χ1v) is 8.10. The van der Waals surface area contributed by atoms with Gasteiger partial charge in [-0.15, -0.1) is 0 Å². The van der Waals surface area contributed by atoms with Crippen LogP contribution in [0.15, 0.2) is 53.5 Å². The summed E-state index contributed by atoms with van der Waals surface area (Å²) >= 11 is 0. The highest BCUT2D eigenvalue weighted by Gasteiger charge is 2.29. The van der Waals surface area contributed by atoms with E-state index in [-0.39, 0.29) is 0 Å². The number of hydrogen-bond donors (Lipinski definition) is 2. The SMILES string of the molecule is CN=C(NCc1ccc(C(F)(F)F)cc1)NCc1ccccc1COC. The number of nitrogens with one attached hydrogen (secondary N) is 2. The lowest BCUT2D eigenvalue weighted by Gasteiger charge is -2.14. The highest BCUT2D eigenvalue weighted by Crippen LogP contribution is 2.29. The van der Waals surface area contributed by atoms with Gasteiger partial charge in [-0.05, 0) is 28.8 Å². The van der Waals surface area contributed by atoms with Crippen molar-refractivity contribution in [2.24, 2.45) is 4.99 Å². The molecule has 0 aromatic heterocycles. The fraction of sp³-hybridized carbons (Fsp3) is 0.316. The van der Waals surface area contributed by atoms with Crippen molar-refractivity contribution >= 4 is 5.96 Å². The van der Waals surface area contributed by atoms with E-state index in [1.165, 1.54) is 12.1 Å². The average molecular weight is 365 g/mol. The smallest absolute Gasteiger partial charge is 0.380 e. The lowest BCUT2D eigenvalue weighted by atomic mass is 10.1. The molecule has 2 aromatic rings. The molecule has 0 saturated heterocycles. The Kier molecular flexibility index (Phi) is 7.03. The highest BCUT2D eigenvalue weighted by atomic mass is 19.4. The molecule has 0 aliphatic rings. The van der Waals surface area contributed by atoms with Gasteiger partial charge in [0.15, 0.2) is 5.96 Å². The molecule has 0 spiro atoms. The lowest BCUT2D eigenvalue weighted by molar-refractivity contribution is -0.137. The van der Waals surface area contributed by atoms with Gasteiger partial charge in [0.25, 0.3) is 0 Å². The molecule has 0 atom stereocenters. The molecule has 0 aliphatic heterocycles. The quantitative estimate of drug-likeness (QED) is 0.606. The highest BCUT2D eigenvalue weighted by molar-refractivity contribution is 5.79. The molecule has 0 bridgehead atoms. The summed E-state index contributed by atoms with van der Waals surface area (Å²) in [5, 5.41) is 6.29. The number of halogens is 3. The second-order valence-electron chi connectivity index (χ2n) is 5.68. The molecule has 2 rings (SSSR count). The molecule has 0 heterocycles. The maximum atomic E-state index is 12.6. The van der Waals surface area contributed by atoms with Crippen LogP contribution in [0.5, 0.6) is 0 Å². The Bertz CT molecular complexity index is 728. The van der Waals surface area contributed by atoms with Crippen LogP contribution in [0.2, 0.25) is 0 Å². The third kappa shape index (κ3) is 5.77. The molecular weight excluding hydrogens is 343 g/mol. The molecule has 0 unspecified atom stereocenters. The molecule has 140 valence electrons. The molecule has 26 heavy (non-hydrogen) atoms. The van der Waals surface area contributed by atoms with Crippen molar-refractivity contribution in [3.8, 4) is 0 Å². The minimum Gasteiger partial charge on any atom is -0.380 e. The topological polar surface area (TPSA) is 45.7 Å². The van der Waals surface area contributed by atoms with Crippen molar-refractivity contribution in [1.29, 1.82) is 0 Å². The maximum absolute atomic E-state index is 12.6. The molecule has 0 radical (unpaired) electrons. The number of ether oxygens (including phenoxy) is 1. The van der Waals surface area contributed by atoms with E-state index in [1.807, 2.05) is 24.3 Å². The monoisotopic (exact) mass is 365 g/mol. The van der Waals surface area contributed by atoms with Crippen molar-refractivity contribution in [2.45, 2.75) is 25.9 Å². The van der Waals surface area contributed by atoms with Crippen molar-refractivity contribution in [1.82, 2.24) is 10.6 Å². The molecule has 0 fully saturated rings. The van der Waals surface area contributed by atoms with Crippen LogP contribution in [0, 0.1) is 0 Å². The van der Waals surface area contributed by atoms with E-state index < -0.39 is 11.7 Å². The van der Waals surface area contributed by atoms with E-state index in [2.05, 4.69) is 15.6 Å². The second-order valence-corrected chi connectivity index (χ2v) is 5.68. The van der Waals surface area contributed by atoms with Crippen molar-refractivity contribution in [3.05, 3.63) is 70.8 Å². The number of nitrogens with zero attached hydrogens (tertiary/aromatic N) is 1. The third-order valence-corrected chi connectivity index (χ3v) is 3.83. The van der Waals surface area contributed by atoms with Gasteiger partial charge < -0.3 is 15.4 Å². The zero-order valence-electron chi connectivity index (χ0n) is 14.7. The number of methoxy groups -OCH3 is 1. The van der Waals surface area contributed by atoms with Gasteiger partial charge in [0.1, 0.15) is 0 Å². The summed E-state index contributed by atoms with van der Waals surface area (Å²) in [6.45, 7) is 1.46. The average Bonchev–Trinajstić information content (AvgIpc) is 2.63. The fourth-order valence-electron chi connectivity index (χ4n) is 2.42. The van der Waals surface area contributed by atoms with Crippen molar-refractivity contribution < 1.29 is 17.9 Å². The summed E-state index contributed by atoms with van der Waals surface area (Å²) < 4.78 is 42.9. The van der Waals surface area contributed by atoms with E-state index >= 15 is 0 Å². The first-order chi connectivity index (χ1) is 12.4. The molecule has 2 N–H and O–H groups in total. The predicted octanol–water partition coefficient (Wildman–Crippen LogP) is 3.72. The Morgan fingerprint density at radius 3 is 2.15 bits per heavy atom. The molecule has 7 heteroatoms. The normalized spacial score (nSPS) is 12.1. The van der Waals surface area contributed by atoms with E-state index in [4.69, 9.17) is 4.74 Å². The molecule has 0 amide bonds. The van der Waals surface area contributed by atoms with Gasteiger partial charge in [-0.3, -0.25) is 4.99 Å². The van der Waals surface area contributed by atoms with Gasteiger partial charge in [0.05, 0.1) is 12.2 Å². The Morgan fingerprint density at radius 1 is 0.962 bits per heavy atom. The van der Waals surface area contributed by atoms with Gasteiger partial charge in [0, 0.05) is 27.2 Å². The van der Waals surface area contributed by atoms with Crippen LogP contribution in [0.4, 0.5) is 13.2 Å². The van der Waals surface area contributed by atoms with E-state index in [0.717, 1.165) is 28.8 Å². The van der Waals surface area contributed by atoms with Crippen LogP contribution in [0.25, 0.3) is 0 Å². The number of alkyl halides is 3. The van der Waals surface area contributed by atoms with Crippen LogP contribution < -0.4 is 10.6 Å². The molecular formula is C19H22F3N3O. The summed E-state index contributed by atoms with van der Waals surface area (Å²) in [5.74, 6) is 0.567. The number of guanidine groups is 1. The fourth-order valence-corrected chi connectivity index (χ4v) is 2.42. The Hall–Kier alpha value is -2.54. The zero-order valence-corrected chi connectivity index (χ0v) is 14.7. The largest absolute Gasteiger partial charge is 0.416 e. The van der Waals surface area contributed by atoms with Crippen LogP contribution in [-0.4, -0.2) is 20.1 Å². The summed E-state index contributed by atoms with van der Waals surface area (Å²) in [7, 11) is 3.29. The minimum absolute atomic E-state index is 0.373. The first-order valence-electron chi connectivity index (χ1n) is 8.10. The number of hydrogen-bond acceptors (Lipinski definition) is 2. The lowest BCUT2D eigenvalue weighted by Crippen LogP contribution is -2.36. The second kappa shape index (κ2) is 9.24. The third-order valence-electron chi connectivity index (χ3n) is 3.83. The predicted molar refractivity (Wildman–Crippen MR) is 95.6 cm³/mol. The Labute approximate surface area is 151 Å². The van der Waals surface area contributed by atoms with Crippen LogP contribution in [0.1, 0.15) is 22.3 Å². The van der Waals surface area contributed by atoms with Crippen LogP contribution >= 0.6 is 0 Å². The first kappa shape index (κ1) is 19.8. The Morgan fingerprint density at radius 2 is 1.58 bits per heavy atom. The van der Waals surface area contributed by atoms with Crippen LogP contribution in [-0.2, 0) is 30.6 Å². The molecule has 4 nitrogen and oxygen atoms in total. The van der Waals surface area contributed by atoms with Gasteiger partial charge in [-0.2, -0.15) is 13.2 Å². The van der Waals surface area contributed by atoms with Gasteiger partial charge in [-0.25, -0.2) is 0 Å². The Balaban J connectivity index is 1.90. The van der Waals surface area contributed by atoms with Gasteiger partial charge >= 0.3 is 6.18 Å². The van der Waals surface area contributed by atoms with Crippen molar-refractivity contribution in [2.75, 3.05) is 14.2 Å². The number of benzene rings is 2. The number of rotatable bonds is 6. The summed E-state index contributed by atoms with van der Waals surface area (Å²) in [4.78, 5) is 4.13. The standard InChI is InChI=1S/C19H22F3N3O/c1-23-18(25-12-15-5-3-4-6-16(15)13-26-2)24-11-14-7-9-17(10-8-14)19(20,21)22/h3-10H,11-13H2,1-2H3,(H2,23,24,25). The van der Waals surface area contributed by atoms with Crippen LogP contribution in [0.3, 0.4) is 0 Å². The van der Waals surface area contributed by atoms with Gasteiger partial charge in [0.2, 0.25) is 0 Å². The molecule has 0 saturated carbocycles. The summed E-state index contributed by atoms with van der Waals surface area (Å²) in [5.41, 5.74) is 2.26. The summed E-state index contributed by atoms with van der Waals surface area (Å²) in [6, 6.07) is 13.0. The van der Waals surface area contributed by atoms with E-state index in [9.17, 15) is 13.2 Å². The van der Waals surface area contributed by atoms with E-state index in [1.54, 1.807) is 14.2 Å². The maximum Gasteiger partial charge on any atom is 0.416 e. The molecule has 2 aromatic carbocycles. The molecule has 0 aliphatic carbocycles. The zero-order chi connectivity index (χ0) is 19.0. The minimum atomic E-state index is -4.32. The summed E-state index contributed by atoms with van der Waals surface area (Å²) in [6.07, 6.45) is -4.32. The van der Waals surface area contributed by atoms with Gasteiger partial charge in [-0.1, -0.05) is 36.4 Å².